The van der Waals surface area contributed by atoms with Gasteiger partial charge in [-0.05, 0) is 11.5 Å². The lowest BCUT2D eigenvalue weighted by atomic mass is 9.88. The summed E-state index contributed by atoms with van der Waals surface area (Å²) in [5.74, 6) is 5.74. The number of nitrogen functional groups attached to an aromatic ring is 1. The summed E-state index contributed by atoms with van der Waals surface area (Å²) in [5, 5.41) is 7.96. The topological polar surface area (TPSA) is 63.8 Å². The fraction of sp³-hybridized carbons (Fsp3) is 0.500. The molecular formula is C8H13ClN4. The van der Waals surface area contributed by atoms with Gasteiger partial charge in [0.15, 0.2) is 11.0 Å². The van der Waals surface area contributed by atoms with Crippen molar-refractivity contribution in [1.29, 1.82) is 0 Å². The first-order valence-corrected chi connectivity index (χ1v) is 4.33. The van der Waals surface area contributed by atoms with Gasteiger partial charge in [-0.15, -0.1) is 10.2 Å². The molecule has 1 aromatic rings. The van der Waals surface area contributed by atoms with Crippen molar-refractivity contribution in [1.82, 2.24) is 10.2 Å². The number of hydrazine groups is 1. The highest BCUT2D eigenvalue weighted by molar-refractivity contribution is 6.30. The van der Waals surface area contributed by atoms with Crippen LogP contribution in [0.25, 0.3) is 0 Å². The van der Waals surface area contributed by atoms with Crippen molar-refractivity contribution in [3.05, 3.63) is 16.8 Å². The predicted molar refractivity (Wildman–Crippen MR) is 53.6 cm³/mol. The highest BCUT2D eigenvalue weighted by Gasteiger charge is 2.19. The van der Waals surface area contributed by atoms with Gasteiger partial charge in [-0.2, -0.15) is 0 Å². The number of aromatic nitrogens is 2. The molecule has 0 aliphatic heterocycles. The fourth-order valence-corrected chi connectivity index (χ4v) is 1.35. The summed E-state index contributed by atoms with van der Waals surface area (Å²) in [6.07, 6.45) is 0. The SMILES string of the molecule is CC(C)(C)c1cc(NN)nnc1Cl. The Balaban J connectivity index is 3.19. The van der Waals surface area contributed by atoms with Crippen LogP contribution < -0.4 is 11.3 Å². The minimum atomic E-state index is -0.0569. The lowest BCUT2D eigenvalue weighted by Gasteiger charge is -2.19. The maximum atomic E-state index is 5.90. The van der Waals surface area contributed by atoms with E-state index < -0.39 is 0 Å². The third-order valence-electron chi connectivity index (χ3n) is 1.70. The zero-order valence-electron chi connectivity index (χ0n) is 7.93. The summed E-state index contributed by atoms with van der Waals surface area (Å²) in [6, 6.07) is 1.80. The van der Waals surface area contributed by atoms with E-state index in [1.165, 1.54) is 0 Å². The first-order valence-electron chi connectivity index (χ1n) is 3.95. The average molecular weight is 201 g/mol. The molecule has 1 aromatic heterocycles. The maximum absolute atomic E-state index is 5.90. The molecule has 0 bridgehead atoms. The van der Waals surface area contributed by atoms with Crippen LogP contribution in [0.4, 0.5) is 5.82 Å². The van der Waals surface area contributed by atoms with Crippen LogP contribution in [0.1, 0.15) is 26.3 Å². The van der Waals surface area contributed by atoms with Crippen LogP contribution in [0.5, 0.6) is 0 Å². The Kier molecular flexibility index (Phi) is 2.73. The van der Waals surface area contributed by atoms with Gasteiger partial charge in [-0.3, -0.25) is 0 Å². The van der Waals surface area contributed by atoms with Crippen molar-refractivity contribution in [3.63, 3.8) is 0 Å². The van der Waals surface area contributed by atoms with E-state index in [2.05, 4.69) is 36.4 Å². The number of nitrogens with zero attached hydrogens (tertiary/aromatic N) is 2. The Morgan fingerprint density at radius 1 is 1.38 bits per heavy atom. The summed E-state index contributed by atoms with van der Waals surface area (Å²) >= 11 is 5.90. The first-order chi connectivity index (χ1) is 5.95. The van der Waals surface area contributed by atoms with Gasteiger partial charge in [0.05, 0.1) is 0 Å². The molecule has 0 amide bonds. The van der Waals surface area contributed by atoms with Crippen molar-refractivity contribution in [2.45, 2.75) is 26.2 Å². The number of hydrogen-bond acceptors (Lipinski definition) is 4. The largest absolute Gasteiger partial charge is 0.307 e. The van der Waals surface area contributed by atoms with E-state index in [-0.39, 0.29) is 5.41 Å². The van der Waals surface area contributed by atoms with Crippen LogP contribution in [0, 0.1) is 0 Å². The van der Waals surface area contributed by atoms with Crippen LogP contribution in [-0.4, -0.2) is 10.2 Å². The zero-order valence-corrected chi connectivity index (χ0v) is 8.68. The minimum Gasteiger partial charge on any atom is -0.307 e. The molecule has 0 radical (unpaired) electrons. The number of halogens is 1. The molecule has 0 unspecified atom stereocenters. The molecule has 5 heteroatoms. The average Bonchev–Trinajstić information content (AvgIpc) is 2.03. The fourth-order valence-electron chi connectivity index (χ4n) is 0.973. The molecule has 13 heavy (non-hydrogen) atoms. The zero-order chi connectivity index (χ0) is 10.1. The Morgan fingerprint density at radius 2 is 2.00 bits per heavy atom. The van der Waals surface area contributed by atoms with E-state index in [1.807, 2.05) is 0 Å². The summed E-state index contributed by atoms with van der Waals surface area (Å²) in [7, 11) is 0. The summed E-state index contributed by atoms with van der Waals surface area (Å²) in [6.45, 7) is 6.16. The van der Waals surface area contributed by atoms with Crippen molar-refractivity contribution >= 4 is 17.4 Å². The number of rotatable bonds is 1. The quantitative estimate of drug-likeness (QED) is 0.535. The Labute approximate surface area is 82.5 Å². The van der Waals surface area contributed by atoms with Crippen molar-refractivity contribution in [3.8, 4) is 0 Å². The second-order valence-electron chi connectivity index (χ2n) is 3.83. The van der Waals surface area contributed by atoms with Gasteiger partial charge < -0.3 is 5.43 Å². The molecule has 0 aliphatic carbocycles. The molecule has 0 saturated heterocycles. The number of anilines is 1. The standard InChI is InChI=1S/C8H13ClN4/c1-8(2,3)5-4-6(11-10)12-13-7(5)9/h4H,10H2,1-3H3,(H,11,12). The normalized spacial score (nSPS) is 11.5. The van der Waals surface area contributed by atoms with Crippen molar-refractivity contribution in [2.75, 3.05) is 5.43 Å². The van der Waals surface area contributed by atoms with Crippen molar-refractivity contribution in [2.24, 2.45) is 5.84 Å². The smallest absolute Gasteiger partial charge is 0.163 e. The van der Waals surface area contributed by atoms with Crippen LogP contribution in [0.3, 0.4) is 0 Å². The minimum absolute atomic E-state index is 0.0569. The van der Waals surface area contributed by atoms with Gasteiger partial charge in [-0.1, -0.05) is 32.4 Å². The molecule has 0 aliphatic rings. The second-order valence-corrected chi connectivity index (χ2v) is 4.19. The third-order valence-corrected chi connectivity index (χ3v) is 1.98. The lowest BCUT2D eigenvalue weighted by molar-refractivity contribution is 0.585. The number of nitrogens with one attached hydrogen (secondary N) is 1. The molecule has 0 spiro atoms. The van der Waals surface area contributed by atoms with E-state index >= 15 is 0 Å². The van der Waals surface area contributed by atoms with E-state index in [0.717, 1.165) is 5.56 Å². The molecule has 72 valence electrons. The molecule has 3 N–H and O–H groups in total. The summed E-state index contributed by atoms with van der Waals surface area (Å²) in [4.78, 5) is 0. The van der Waals surface area contributed by atoms with Crippen LogP contribution >= 0.6 is 11.6 Å². The predicted octanol–water partition coefficient (Wildman–Crippen LogP) is 1.71. The molecule has 0 aromatic carbocycles. The molecule has 1 rings (SSSR count). The van der Waals surface area contributed by atoms with Crippen LogP contribution in [-0.2, 0) is 5.41 Å². The van der Waals surface area contributed by atoms with Crippen molar-refractivity contribution < 1.29 is 0 Å². The van der Waals surface area contributed by atoms with Crippen LogP contribution in [0.2, 0.25) is 5.15 Å². The Hall–Kier alpha value is -0.870. The van der Waals surface area contributed by atoms with Crippen LogP contribution in [0.15, 0.2) is 6.07 Å². The number of hydrogen-bond donors (Lipinski definition) is 2. The van der Waals surface area contributed by atoms with Gasteiger partial charge in [0.25, 0.3) is 0 Å². The van der Waals surface area contributed by atoms with Gasteiger partial charge in [0.1, 0.15) is 0 Å². The van der Waals surface area contributed by atoms with E-state index in [1.54, 1.807) is 6.07 Å². The Morgan fingerprint density at radius 3 is 2.46 bits per heavy atom. The third kappa shape index (κ3) is 2.29. The first kappa shape index (κ1) is 10.2. The van der Waals surface area contributed by atoms with E-state index in [9.17, 15) is 0 Å². The maximum Gasteiger partial charge on any atom is 0.163 e. The van der Waals surface area contributed by atoms with E-state index in [0.29, 0.717) is 11.0 Å². The monoisotopic (exact) mass is 200 g/mol. The number of nitrogens with two attached hydrogens (primary N) is 1. The Bertz CT molecular complexity index is 306. The van der Waals surface area contributed by atoms with Gasteiger partial charge in [0.2, 0.25) is 0 Å². The molecule has 1 heterocycles. The summed E-state index contributed by atoms with van der Waals surface area (Å²) in [5.41, 5.74) is 3.31. The van der Waals surface area contributed by atoms with Gasteiger partial charge in [-0.25, -0.2) is 5.84 Å². The second kappa shape index (κ2) is 3.47. The molecule has 4 nitrogen and oxygen atoms in total. The molecule has 0 fully saturated rings. The molecule has 0 saturated carbocycles. The van der Waals surface area contributed by atoms with Gasteiger partial charge in [0, 0.05) is 5.56 Å². The summed E-state index contributed by atoms with van der Waals surface area (Å²) < 4.78 is 0. The lowest BCUT2D eigenvalue weighted by Crippen LogP contribution is -2.16. The molecular weight excluding hydrogens is 188 g/mol. The highest BCUT2D eigenvalue weighted by Crippen LogP contribution is 2.28. The highest BCUT2D eigenvalue weighted by atomic mass is 35.5. The van der Waals surface area contributed by atoms with Gasteiger partial charge >= 0.3 is 0 Å². The van der Waals surface area contributed by atoms with E-state index in [4.69, 9.17) is 17.4 Å². The molecule has 0 atom stereocenters.